The summed E-state index contributed by atoms with van der Waals surface area (Å²) in [7, 11) is 0. The van der Waals surface area contributed by atoms with E-state index in [9.17, 15) is 5.11 Å². The number of aryl methyl sites for hydroxylation is 1. The highest BCUT2D eigenvalue weighted by molar-refractivity contribution is 5.03. The Morgan fingerprint density at radius 2 is 2.17 bits per heavy atom. The number of aliphatic hydroxyl groups excluding tert-OH is 1. The Bertz CT molecular complexity index is 376. The average molecular weight is 252 g/mol. The minimum Gasteiger partial charge on any atom is -0.391 e. The topological polar surface area (TPSA) is 49.5 Å². The number of aromatic nitrogens is 1. The molecule has 0 amide bonds. The quantitative estimate of drug-likeness (QED) is 0.894. The van der Waals surface area contributed by atoms with Gasteiger partial charge in [0, 0.05) is 18.2 Å². The van der Waals surface area contributed by atoms with Gasteiger partial charge in [0.2, 0.25) is 0 Å². The van der Waals surface area contributed by atoms with Crippen molar-refractivity contribution in [1.29, 1.82) is 0 Å². The third-order valence-corrected chi connectivity index (χ3v) is 3.80. The van der Waals surface area contributed by atoms with E-state index < -0.39 is 0 Å². The molecule has 1 N–H and O–H groups in total. The lowest BCUT2D eigenvalue weighted by Gasteiger charge is -2.39. The molecule has 0 bridgehead atoms. The van der Waals surface area contributed by atoms with Crippen molar-refractivity contribution < 1.29 is 9.63 Å². The fraction of sp³-hybridized carbons (Fsp3) is 0.786. The standard InChI is InChI=1S/C14H24N2O2/c1-10(2)16(9-12-8-11(3)15-18-12)13-6-4-5-7-14(13)17/h8,10,13-14,17H,4-7,9H2,1-3H3. The first-order chi connectivity index (χ1) is 8.58. The molecule has 4 heteroatoms. The highest BCUT2D eigenvalue weighted by Crippen LogP contribution is 2.26. The first-order valence-corrected chi connectivity index (χ1v) is 6.94. The summed E-state index contributed by atoms with van der Waals surface area (Å²) >= 11 is 0. The molecule has 2 rings (SSSR count). The first-order valence-electron chi connectivity index (χ1n) is 6.94. The second kappa shape index (κ2) is 5.85. The molecule has 1 aliphatic rings. The van der Waals surface area contributed by atoms with Crippen molar-refractivity contribution in [2.75, 3.05) is 0 Å². The van der Waals surface area contributed by atoms with E-state index in [0.29, 0.717) is 6.04 Å². The molecule has 0 spiro atoms. The van der Waals surface area contributed by atoms with Crippen molar-refractivity contribution in [3.05, 3.63) is 17.5 Å². The molecule has 2 unspecified atom stereocenters. The maximum Gasteiger partial charge on any atom is 0.150 e. The fourth-order valence-electron chi connectivity index (χ4n) is 2.83. The van der Waals surface area contributed by atoms with Crippen LogP contribution in [0.25, 0.3) is 0 Å². The van der Waals surface area contributed by atoms with Crippen LogP contribution in [0.5, 0.6) is 0 Å². The Morgan fingerprint density at radius 1 is 1.44 bits per heavy atom. The smallest absolute Gasteiger partial charge is 0.150 e. The van der Waals surface area contributed by atoms with Gasteiger partial charge in [-0.15, -0.1) is 0 Å². The summed E-state index contributed by atoms with van der Waals surface area (Å²) in [5.41, 5.74) is 0.915. The third-order valence-electron chi connectivity index (χ3n) is 3.80. The zero-order valence-corrected chi connectivity index (χ0v) is 11.6. The molecule has 0 aromatic carbocycles. The molecule has 4 nitrogen and oxygen atoms in total. The summed E-state index contributed by atoms with van der Waals surface area (Å²) in [5, 5.41) is 14.1. The van der Waals surface area contributed by atoms with Crippen LogP contribution >= 0.6 is 0 Å². The summed E-state index contributed by atoms with van der Waals surface area (Å²) in [6.07, 6.45) is 4.14. The lowest BCUT2D eigenvalue weighted by molar-refractivity contribution is -0.00339. The fourth-order valence-corrected chi connectivity index (χ4v) is 2.83. The van der Waals surface area contributed by atoms with E-state index in [1.807, 2.05) is 13.0 Å². The lowest BCUT2D eigenvalue weighted by atomic mass is 9.90. The van der Waals surface area contributed by atoms with Gasteiger partial charge in [-0.2, -0.15) is 0 Å². The summed E-state index contributed by atoms with van der Waals surface area (Å²) < 4.78 is 5.30. The van der Waals surface area contributed by atoms with Crippen LogP contribution in [0.4, 0.5) is 0 Å². The molecule has 18 heavy (non-hydrogen) atoms. The van der Waals surface area contributed by atoms with Gasteiger partial charge in [0.15, 0.2) is 5.76 Å². The van der Waals surface area contributed by atoms with Crippen molar-refractivity contribution >= 4 is 0 Å². The van der Waals surface area contributed by atoms with E-state index in [1.54, 1.807) is 0 Å². The molecule has 1 fully saturated rings. The normalized spacial score (nSPS) is 25.0. The second-order valence-corrected chi connectivity index (χ2v) is 5.62. The van der Waals surface area contributed by atoms with E-state index in [0.717, 1.165) is 37.3 Å². The Kier molecular flexibility index (Phi) is 4.40. The number of hydrogen-bond acceptors (Lipinski definition) is 4. The zero-order valence-electron chi connectivity index (χ0n) is 11.6. The molecular weight excluding hydrogens is 228 g/mol. The van der Waals surface area contributed by atoms with Crippen molar-refractivity contribution in [2.24, 2.45) is 0 Å². The molecule has 0 aliphatic heterocycles. The predicted octanol–water partition coefficient (Wildman–Crippen LogP) is 2.50. The van der Waals surface area contributed by atoms with E-state index in [2.05, 4.69) is 23.9 Å². The van der Waals surface area contributed by atoms with Gasteiger partial charge < -0.3 is 9.63 Å². The summed E-state index contributed by atoms with van der Waals surface area (Å²) in [4.78, 5) is 2.34. The SMILES string of the molecule is Cc1cc(CN(C(C)C)C2CCCCC2O)on1. The molecule has 1 aromatic heterocycles. The van der Waals surface area contributed by atoms with Crippen LogP contribution in [0.1, 0.15) is 51.0 Å². The lowest BCUT2D eigenvalue weighted by Crippen LogP contribution is -2.48. The van der Waals surface area contributed by atoms with Crippen molar-refractivity contribution in [3.8, 4) is 0 Å². The maximum absolute atomic E-state index is 10.2. The van der Waals surface area contributed by atoms with Gasteiger partial charge in [0.05, 0.1) is 18.3 Å². The Hall–Kier alpha value is -0.870. The molecule has 102 valence electrons. The van der Waals surface area contributed by atoms with Gasteiger partial charge in [-0.1, -0.05) is 18.0 Å². The van der Waals surface area contributed by atoms with Gasteiger partial charge >= 0.3 is 0 Å². The molecule has 1 aromatic rings. The molecule has 1 saturated carbocycles. The van der Waals surface area contributed by atoms with Crippen LogP contribution in [-0.4, -0.2) is 33.4 Å². The number of nitrogens with zero attached hydrogens (tertiary/aromatic N) is 2. The maximum atomic E-state index is 10.2. The first kappa shape index (κ1) is 13.6. The number of rotatable bonds is 4. The van der Waals surface area contributed by atoms with Crippen LogP contribution in [0.15, 0.2) is 10.6 Å². The predicted molar refractivity (Wildman–Crippen MR) is 70.2 cm³/mol. The van der Waals surface area contributed by atoms with Gasteiger partial charge in [0.1, 0.15) is 0 Å². The van der Waals surface area contributed by atoms with Gasteiger partial charge in [0.25, 0.3) is 0 Å². The molecular formula is C14H24N2O2. The van der Waals surface area contributed by atoms with Crippen LogP contribution in [-0.2, 0) is 6.54 Å². The number of hydrogen-bond donors (Lipinski definition) is 1. The largest absolute Gasteiger partial charge is 0.391 e. The highest BCUT2D eigenvalue weighted by Gasteiger charge is 2.30. The minimum absolute atomic E-state index is 0.204. The Morgan fingerprint density at radius 3 is 2.72 bits per heavy atom. The third kappa shape index (κ3) is 3.12. The van der Waals surface area contributed by atoms with Crippen LogP contribution in [0.3, 0.4) is 0 Å². The summed E-state index contributed by atoms with van der Waals surface area (Å²) in [6.45, 7) is 7.01. The van der Waals surface area contributed by atoms with Crippen LogP contribution in [0.2, 0.25) is 0 Å². The van der Waals surface area contributed by atoms with Crippen molar-refractivity contribution in [2.45, 2.75) is 71.2 Å². The van der Waals surface area contributed by atoms with Gasteiger partial charge in [-0.3, -0.25) is 4.90 Å². The summed E-state index contributed by atoms with van der Waals surface area (Å²) in [6, 6.07) is 2.63. The minimum atomic E-state index is -0.204. The van der Waals surface area contributed by atoms with Crippen LogP contribution in [0, 0.1) is 6.92 Å². The number of aliphatic hydroxyl groups is 1. The zero-order chi connectivity index (χ0) is 13.1. The molecule has 1 heterocycles. The van der Waals surface area contributed by atoms with E-state index in [1.165, 1.54) is 6.42 Å². The summed E-state index contributed by atoms with van der Waals surface area (Å²) in [5.74, 6) is 0.888. The van der Waals surface area contributed by atoms with Crippen molar-refractivity contribution in [3.63, 3.8) is 0 Å². The van der Waals surface area contributed by atoms with E-state index in [4.69, 9.17) is 4.52 Å². The van der Waals surface area contributed by atoms with Gasteiger partial charge in [-0.05, 0) is 33.6 Å². The van der Waals surface area contributed by atoms with E-state index in [-0.39, 0.29) is 12.1 Å². The molecule has 2 atom stereocenters. The monoisotopic (exact) mass is 252 g/mol. The highest BCUT2D eigenvalue weighted by atomic mass is 16.5. The van der Waals surface area contributed by atoms with Crippen LogP contribution < -0.4 is 0 Å². The Labute approximate surface area is 109 Å². The van der Waals surface area contributed by atoms with Crippen molar-refractivity contribution in [1.82, 2.24) is 10.1 Å². The average Bonchev–Trinajstić information content (AvgIpc) is 2.73. The van der Waals surface area contributed by atoms with E-state index >= 15 is 0 Å². The molecule has 0 radical (unpaired) electrons. The molecule has 1 aliphatic carbocycles. The molecule has 0 saturated heterocycles. The second-order valence-electron chi connectivity index (χ2n) is 5.62. The Balaban J connectivity index is 2.07. The van der Waals surface area contributed by atoms with Gasteiger partial charge in [-0.25, -0.2) is 0 Å².